The summed E-state index contributed by atoms with van der Waals surface area (Å²) in [5, 5.41) is 7.90. The monoisotopic (exact) mass is 329 g/mol. The minimum Gasteiger partial charge on any atom is -0.370 e. The largest absolute Gasteiger partial charge is 0.370 e. The molecule has 3 N–H and O–H groups in total. The highest BCUT2D eigenvalue weighted by molar-refractivity contribution is 7.98. The van der Waals surface area contributed by atoms with E-state index in [-0.39, 0.29) is 0 Å². The van der Waals surface area contributed by atoms with Gasteiger partial charge in [0.2, 0.25) is 0 Å². The lowest BCUT2D eigenvalue weighted by Gasteiger charge is -2.19. The average Bonchev–Trinajstić information content (AvgIpc) is 2.60. The van der Waals surface area contributed by atoms with Crippen molar-refractivity contribution in [2.24, 2.45) is 0 Å². The van der Waals surface area contributed by atoms with Crippen LogP contribution in [0.25, 0.3) is 0 Å². The summed E-state index contributed by atoms with van der Waals surface area (Å²) in [5.41, 5.74) is 1.60. The van der Waals surface area contributed by atoms with Crippen LogP contribution in [0.3, 0.4) is 0 Å². The van der Waals surface area contributed by atoms with Crippen LogP contribution in [-0.2, 0) is 4.79 Å². The number of urea groups is 1. The van der Waals surface area contributed by atoms with E-state index in [0.29, 0.717) is 0 Å². The minimum absolute atomic E-state index is 0.412. The van der Waals surface area contributed by atoms with Gasteiger partial charge in [-0.05, 0) is 30.0 Å². The lowest BCUT2D eigenvalue weighted by molar-refractivity contribution is -0.120. The molecule has 0 saturated heterocycles. The summed E-state index contributed by atoms with van der Waals surface area (Å²) in [4.78, 5) is 25.0. The van der Waals surface area contributed by atoms with Crippen molar-refractivity contribution in [1.29, 1.82) is 0 Å². The Bertz CT molecular complexity index is 677. The summed E-state index contributed by atoms with van der Waals surface area (Å²) in [6.45, 7) is 0. The van der Waals surface area contributed by atoms with E-state index in [1.165, 1.54) is 7.05 Å². The van der Waals surface area contributed by atoms with Gasteiger partial charge in [-0.15, -0.1) is 11.8 Å². The van der Waals surface area contributed by atoms with Crippen LogP contribution in [0.15, 0.2) is 59.5 Å². The van der Waals surface area contributed by atoms with Crippen LogP contribution >= 0.6 is 11.8 Å². The molecule has 0 saturated carbocycles. The molecule has 0 aliphatic carbocycles. The highest BCUT2D eigenvalue weighted by Gasteiger charge is 2.22. The van der Waals surface area contributed by atoms with Gasteiger partial charge in [-0.25, -0.2) is 4.79 Å². The van der Waals surface area contributed by atoms with E-state index in [9.17, 15) is 9.59 Å². The molecule has 0 aliphatic heterocycles. The third kappa shape index (κ3) is 4.75. The SMILES string of the molecule is CNC(=O)NC(=O)[C@@H](Nc1cccc(SC)c1)c1ccccc1. The van der Waals surface area contributed by atoms with Gasteiger partial charge in [0.05, 0.1) is 0 Å². The number of carbonyl (C=O) groups is 2. The highest BCUT2D eigenvalue weighted by atomic mass is 32.2. The maximum absolute atomic E-state index is 12.4. The van der Waals surface area contributed by atoms with Crippen molar-refractivity contribution < 1.29 is 9.59 Å². The number of amides is 3. The third-order valence-corrected chi connectivity index (χ3v) is 3.96. The molecule has 2 rings (SSSR count). The first-order valence-electron chi connectivity index (χ1n) is 7.12. The van der Waals surface area contributed by atoms with Gasteiger partial charge in [0.25, 0.3) is 5.91 Å². The van der Waals surface area contributed by atoms with Gasteiger partial charge in [-0.3, -0.25) is 10.1 Å². The summed E-state index contributed by atoms with van der Waals surface area (Å²) in [5.74, 6) is -0.412. The quantitative estimate of drug-likeness (QED) is 0.738. The van der Waals surface area contributed by atoms with Gasteiger partial charge in [0.15, 0.2) is 0 Å². The highest BCUT2D eigenvalue weighted by Crippen LogP contribution is 2.23. The van der Waals surface area contributed by atoms with Crippen LogP contribution in [0.5, 0.6) is 0 Å². The Morgan fingerprint density at radius 3 is 2.43 bits per heavy atom. The molecule has 2 aromatic rings. The maximum Gasteiger partial charge on any atom is 0.321 e. The first-order valence-corrected chi connectivity index (χ1v) is 8.34. The average molecular weight is 329 g/mol. The predicted molar refractivity (Wildman–Crippen MR) is 93.6 cm³/mol. The van der Waals surface area contributed by atoms with Crippen LogP contribution in [0.1, 0.15) is 11.6 Å². The number of rotatable bonds is 5. The van der Waals surface area contributed by atoms with Crippen molar-refractivity contribution in [3.63, 3.8) is 0 Å². The number of carbonyl (C=O) groups excluding carboxylic acids is 2. The molecule has 3 amide bonds. The van der Waals surface area contributed by atoms with Crippen LogP contribution in [-0.4, -0.2) is 25.2 Å². The molecule has 2 aromatic carbocycles. The van der Waals surface area contributed by atoms with Crippen molar-refractivity contribution in [3.8, 4) is 0 Å². The fourth-order valence-corrected chi connectivity index (χ4v) is 2.53. The van der Waals surface area contributed by atoms with Gasteiger partial charge in [0, 0.05) is 17.6 Å². The molecule has 0 spiro atoms. The van der Waals surface area contributed by atoms with Crippen LogP contribution < -0.4 is 16.0 Å². The predicted octanol–water partition coefficient (Wildman–Crippen LogP) is 3.02. The van der Waals surface area contributed by atoms with Crippen LogP contribution in [0.4, 0.5) is 10.5 Å². The number of thioether (sulfide) groups is 1. The number of benzene rings is 2. The van der Waals surface area contributed by atoms with E-state index in [1.807, 2.05) is 60.9 Å². The van der Waals surface area contributed by atoms with E-state index in [2.05, 4.69) is 16.0 Å². The first-order chi connectivity index (χ1) is 11.1. The standard InChI is InChI=1S/C17H19N3O2S/c1-18-17(22)20-16(21)15(12-7-4-3-5-8-12)19-13-9-6-10-14(11-13)23-2/h3-11,15,19H,1-2H3,(H2,18,20,21,22)/t15-/m0/s1. The van der Waals surface area contributed by atoms with Gasteiger partial charge in [-0.1, -0.05) is 36.4 Å². The molecule has 0 heterocycles. The van der Waals surface area contributed by atoms with Crippen LogP contribution in [0, 0.1) is 0 Å². The van der Waals surface area contributed by atoms with Gasteiger partial charge >= 0.3 is 6.03 Å². The van der Waals surface area contributed by atoms with Crippen molar-refractivity contribution in [3.05, 3.63) is 60.2 Å². The Hall–Kier alpha value is -2.47. The van der Waals surface area contributed by atoms with Gasteiger partial charge in [-0.2, -0.15) is 0 Å². The lowest BCUT2D eigenvalue weighted by Crippen LogP contribution is -2.42. The molecule has 1 atom stereocenters. The lowest BCUT2D eigenvalue weighted by atomic mass is 10.1. The number of anilines is 1. The van der Waals surface area contributed by atoms with Crippen LogP contribution in [0.2, 0.25) is 0 Å². The summed E-state index contributed by atoms with van der Waals surface area (Å²) in [6, 6.07) is 15.9. The Morgan fingerprint density at radius 2 is 1.78 bits per heavy atom. The molecule has 0 aliphatic rings. The molecule has 120 valence electrons. The molecule has 5 nitrogen and oxygen atoms in total. The van der Waals surface area contributed by atoms with E-state index in [0.717, 1.165) is 16.1 Å². The fourth-order valence-electron chi connectivity index (χ4n) is 2.07. The fraction of sp³-hybridized carbons (Fsp3) is 0.176. The molecule has 0 fully saturated rings. The Balaban J connectivity index is 2.26. The number of imide groups is 1. The molecule has 0 radical (unpaired) electrons. The molecule has 6 heteroatoms. The zero-order chi connectivity index (χ0) is 16.7. The Labute approximate surface area is 139 Å². The van der Waals surface area contributed by atoms with Crippen molar-refractivity contribution in [1.82, 2.24) is 10.6 Å². The second-order valence-electron chi connectivity index (χ2n) is 4.79. The van der Waals surface area contributed by atoms with E-state index in [1.54, 1.807) is 11.8 Å². The second kappa shape index (κ2) is 8.24. The summed E-state index contributed by atoms with van der Waals surface area (Å²) < 4.78 is 0. The van der Waals surface area contributed by atoms with E-state index < -0.39 is 18.0 Å². The van der Waals surface area contributed by atoms with E-state index >= 15 is 0 Å². The molecule has 23 heavy (non-hydrogen) atoms. The van der Waals surface area contributed by atoms with Crippen molar-refractivity contribution in [2.75, 3.05) is 18.6 Å². The molecular weight excluding hydrogens is 310 g/mol. The number of nitrogens with one attached hydrogen (secondary N) is 3. The minimum atomic E-state index is -0.661. The summed E-state index contributed by atoms with van der Waals surface area (Å²) >= 11 is 1.62. The number of hydrogen-bond acceptors (Lipinski definition) is 4. The van der Waals surface area contributed by atoms with E-state index in [4.69, 9.17) is 0 Å². The van der Waals surface area contributed by atoms with Crippen molar-refractivity contribution in [2.45, 2.75) is 10.9 Å². The zero-order valence-corrected chi connectivity index (χ0v) is 13.8. The molecule has 0 unspecified atom stereocenters. The molecular formula is C17H19N3O2S. The van der Waals surface area contributed by atoms with Gasteiger partial charge in [0.1, 0.15) is 6.04 Å². The first kappa shape index (κ1) is 16.9. The maximum atomic E-state index is 12.4. The van der Waals surface area contributed by atoms with Gasteiger partial charge < -0.3 is 10.6 Å². The zero-order valence-electron chi connectivity index (χ0n) is 13.0. The smallest absolute Gasteiger partial charge is 0.321 e. The Morgan fingerprint density at radius 1 is 1.04 bits per heavy atom. The number of hydrogen-bond donors (Lipinski definition) is 3. The topological polar surface area (TPSA) is 70.2 Å². The molecule has 0 aromatic heterocycles. The normalized spacial score (nSPS) is 11.4. The third-order valence-electron chi connectivity index (χ3n) is 3.24. The second-order valence-corrected chi connectivity index (χ2v) is 5.67. The summed E-state index contributed by atoms with van der Waals surface area (Å²) in [7, 11) is 1.47. The summed E-state index contributed by atoms with van der Waals surface area (Å²) in [6.07, 6.45) is 1.99. The Kier molecular flexibility index (Phi) is 6.05. The van der Waals surface area contributed by atoms with Crippen molar-refractivity contribution >= 4 is 29.4 Å². The molecule has 0 bridgehead atoms.